The zero-order valence-electron chi connectivity index (χ0n) is 15.1. The number of benzene rings is 1. The van der Waals surface area contributed by atoms with Gasteiger partial charge >= 0.3 is 0 Å². The lowest BCUT2D eigenvalue weighted by Crippen LogP contribution is -2.43. The largest absolute Gasteiger partial charge is 0.393 e. The maximum atomic E-state index is 10.5. The van der Waals surface area contributed by atoms with Crippen LogP contribution in [0.5, 0.6) is 0 Å². The quantitative estimate of drug-likeness (QED) is 0.644. The Balaban J connectivity index is 1.61. The highest BCUT2D eigenvalue weighted by Gasteiger charge is 2.54. The smallest absolute Gasteiger partial charge is 0.0877 e. The summed E-state index contributed by atoms with van der Waals surface area (Å²) in [4.78, 5) is 0. The van der Waals surface area contributed by atoms with Crippen LogP contribution in [-0.2, 0) is 6.42 Å². The molecule has 3 aliphatic carbocycles. The Morgan fingerprint density at radius 3 is 2.79 bits per heavy atom. The minimum absolute atomic E-state index is 0.0846. The van der Waals surface area contributed by atoms with Crippen molar-refractivity contribution in [2.24, 2.45) is 27.6 Å². The van der Waals surface area contributed by atoms with Gasteiger partial charge in [0, 0.05) is 14.1 Å². The van der Waals surface area contributed by atoms with Gasteiger partial charge in [0.2, 0.25) is 0 Å². The molecule has 0 radical (unpaired) electrons. The summed E-state index contributed by atoms with van der Waals surface area (Å²) in [5, 5.41) is 20.6. The van der Waals surface area contributed by atoms with Crippen molar-refractivity contribution >= 4 is 5.69 Å². The molecule has 0 spiro atoms. The normalized spacial score (nSPS) is 37.8. The van der Waals surface area contributed by atoms with Gasteiger partial charge in [0.05, 0.1) is 11.8 Å². The van der Waals surface area contributed by atoms with Gasteiger partial charge in [0.25, 0.3) is 0 Å². The Kier molecular flexibility index (Phi) is 3.91. The summed E-state index contributed by atoms with van der Waals surface area (Å²) in [5.74, 6) is 2.13. The molecule has 0 heterocycles. The van der Waals surface area contributed by atoms with Gasteiger partial charge in [-0.15, -0.1) is 5.11 Å². The number of fused-ring (bicyclic) bond motifs is 5. The van der Waals surface area contributed by atoms with Gasteiger partial charge in [-0.2, -0.15) is 0 Å². The van der Waals surface area contributed by atoms with E-state index in [4.69, 9.17) is 0 Å². The zero-order valence-corrected chi connectivity index (χ0v) is 15.1. The molecule has 0 bridgehead atoms. The monoisotopic (exact) mass is 327 g/mol. The molecule has 1 N–H and O–H groups in total. The summed E-state index contributed by atoms with van der Waals surface area (Å²) in [7, 11) is 3.78. The number of rotatable bonds is 2. The van der Waals surface area contributed by atoms with E-state index in [1.807, 2.05) is 14.1 Å². The molecule has 0 amide bonds. The van der Waals surface area contributed by atoms with E-state index in [-0.39, 0.29) is 11.5 Å². The van der Waals surface area contributed by atoms with Crippen LogP contribution in [0, 0.1) is 17.3 Å². The number of aliphatic hydroxyl groups excluding tert-OH is 1. The lowest BCUT2D eigenvalue weighted by atomic mass is 9.55. The molecule has 130 valence electrons. The first-order valence-electron chi connectivity index (χ1n) is 9.39. The molecule has 0 aliphatic heterocycles. The van der Waals surface area contributed by atoms with Gasteiger partial charge in [-0.05, 0) is 85.0 Å². The SMILES string of the molecule is CN(C)N=Nc1ccc2c(c1)CCC1C2CCC2(C)C(O)CCC12. The summed E-state index contributed by atoms with van der Waals surface area (Å²) in [5.41, 5.74) is 4.13. The van der Waals surface area contributed by atoms with E-state index in [9.17, 15) is 5.11 Å². The molecule has 4 rings (SSSR count). The molecule has 2 fully saturated rings. The van der Waals surface area contributed by atoms with Crippen LogP contribution in [0.2, 0.25) is 0 Å². The van der Waals surface area contributed by atoms with Crippen molar-refractivity contribution in [1.29, 1.82) is 0 Å². The van der Waals surface area contributed by atoms with Crippen molar-refractivity contribution in [3.63, 3.8) is 0 Å². The standard InChI is InChI=1S/C20H29N3O/c1-20-11-10-16-15-7-5-14(21-22-23(2)3)12-13(15)4-6-17(16)18(20)8-9-19(20)24/h5,7,12,16-19,24H,4,6,8-11H2,1-3H3. The van der Waals surface area contributed by atoms with E-state index in [1.54, 1.807) is 10.6 Å². The average Bonchev–Trinajstić information content (AvgIpc) is 2.88. The number of hydrogen-bond donors (Lipinski definition) is 1. The Bertz CT molecular complexity index is 656. The Morgan fingerprint density at radius 1 is 1.17 bits per heavy atom. The highest BCUT2D eigenvalue weighted by Crippen LogP contribution is 2.60. The van der Waals surface area contributed by atoms with Crippen LogP contribution in [0.4, 0.5) is 5.69 Å². The third-order valence-corrected chi connectivity index (χ3v) is 7.00. The first-order chi connectivity index (χ1) is 11.5. The summed E-state index contributed by atoms with van der Waals surface area (Å²) < 4.78 is 0. The van der Waals surface area contributed by atoms with Crippen LogP contribution in [0.3, 0.4) is 0 Å². The number of aryl methyl sites for hydroxylation is 1. The van der Waals surface area contributed by atoms with E-state index in [0.717, 1.165) is 24.4 Å². The fraction of sp³-hybridized carbons (Fsp3) is 0.700. The summed E-state index contributed by atoms with van der Waals surface area (Å²) in [6, 6.07) is 6.64. The predicted octanol–water partition coefficient (Wildman–Crippen LogP) is 4.46. The van der Waals surface area contributed by atoms with Gasteiger partial charge in [-0.1, -0.05) is 18.2 Å². The Morgan fingerprint density at radius 2 is 2.00 bits per heavy atom. The molecule has 2 saturated carbocycles. The minimum Gasteiger partial charge on any atom is -0.393 e. The highest BCUT2D eigenvalue weighted by atomic mass is 16.3. The van der Waals surface area contributed by atoms with Crippen molar-refractivity contribution in [2.45, 2.75) is 57.5 Å². The molecule has 0 saturated heterocycles. The van der Waals surface area contributed by atoms with Crippen molar-refractivity contribution in [3.8, 4) is 0 Å². The molecule has 24 heavy (non-hydrogen) atoms. The van der Waals surface area contributed by atoms with Gasteiger partial charge in [0.15, 0.2) is 0 Å². The van der Waals surface area contributed by atoms with Crippen molar-refractivity contribution in [1.82, 2.24) is 5.01 Å². The minimum atomic E-state index is -0.0846. The van der Waals surface area contributed by atoms with Crippen LogP contribution < -0.4 is 0 Å². The fourth-order valence-electron chi connectivity index (χ4n) is 5.74. The molecular weight excluding hydrogens is 298 g/mol. The van der Waals surface area contributed by atoms with E-state index in [2.05, 4.69) is 35.5 Å². The molecule has 5 atom stereocenters. The van der Waals surface area contributed by atoms with Crippen LogP contribution in [-0.4, -0.2) is 30.3 Å². The van der Waals surface area contributed by atoms with Crippen LogP contribution in [0.1, 0.15) is 56.1 Å². The topological polar surface area (TPSA) is 48.2 Å². The van der Waals surface area contributed by atoms with E-state index >= 15 is 0 Å². The summed E-state index contributed by atoms with van der Waals surface area (Å²) in [6.07, 6.45) is 6.92. The van der Waals surface area contributed by atoms with E-state index in [0.29, 0.717) is 11.8 Å². The molecule has 3 aliphatic rings. The third kappa shape index (κ3) is 2.46. The molecule has 5 unspecified atom stereocenters. The highest BCUT2D eigenvalue weighted by molar-refractivity contribution is 5.46. The fourth-order valence-corrected chi connectivity index (χ4v) is 5.74. The maximum absolute atomic E-state index is 10.5. The number of nitrogens with zero attached hydrogens (tertiary/aromatic N) is 3. The second-order valence-corrected chi connectivity index (χ2v) is 8.47. The molecule has 1 aromatic carbocycles. The second kappa shape index (κ2) is 5.83. The first kappa shape index (κ1) is 16.1. The third-order valence-electron chi connectivity index (χ3n) is 7.00. The molecule has 4 nitrogen and oxygen atoms in total. The van der Waals surface area contributed by atoms with Crippen molar-refractivity contribution in [2.75, 3.05) is 14.1 Å². The number of hydrogen-bond acceptors (Lipinski definition) is 3. The number of aliphatic hydroxyl groups is 1. The summed E-state index contributed by atoms with van der Waals surface area (Å²) in [6.45, 7) is 2.34. The second-order valence-electron chi connectivity index (χ2n) is 8.47. The molecule has 1 aromatic rings. The van der Waals surface area contributed by atoms with Crippen molar-refractivity contribution < 1.29 is 5.11 Å². The lowest BCUT2D eigenvalue weighted by molar-refractivity contribution is -0.0226. The average molecular weight is 327 g/mol. The molecule has 4 heteroatoms. The van der Waals surface area contributed by atoms with Gasteiger partial charge in [-0.25, -0.2) is 0 Å². The Labute approximate surface area is 144 Å². The molecule has 0 aromatic heterocycles. The lowest BCUT2D eigenvalue weighted by Gasteiger charge is -2.50. The zero-order chi connectivity index (χ0) is 16.9. The summed E-state index contributed by atoms with van der Waals surface area (Å²) >= 11 is 0. The van der Waals surface area contributed by atoms with Gasteiger partial charge in [-0.3, -0.25) is 5.01 Å². The van der Waals surface area contributed by atoms with E-state index < -0.39 is 0 Å². The van der Waals surface area contributed by atoms with Crippen molar-refractivity contribution in [3.05, 3.63) is 29.3 Å². The van der Waals surface area contributed by atoms with Crippen LogP contribution in [0.25, 0.3) is 0 Å². The first-order valence-corrected chi connectivity index (χ1v) is 9.39. The Hall–Kier alpha value is -1.42. The van der Waals surface area contributed by atoms with E-state index in [1.165, 1.54) is 31.2 Å². The molecular formula is C20H29N3O. The van der Waals surface area contributed by atoms with Crippen LogP contribution >= 0.6 is 0 Å². The van der Waals surface area contributed by atoms with Gasteiger partial charge < -0.3 is 5.11 Å². The van der Waals surface area contributed by atoms with Gasteiger partial charge in [0.1, 0.15) is 0 Å². The predicted molar refractivity (Wildman–Crippen MR) is 95.3 cm³/mol. The van der Waals surface area contributed by atoms with Crippen LogP contribution in [0.15, 0.2) is 28.5 Å². The maximum Gasteiger partial charge on any atom is 0.0877 e.